The number of carbonyl (C=O) groups is 1. The van der Waals surface area contributed by atoms with Crippen LogP contribution in [-0.2, 0) is 9.59 Å². The molecule has 1 aliphatic rings. The normalized spacial score (nSPS) is 23.1. The van der Waals surface area contributed by atoms with E-state index in [1.54, 1.807) is 24.1 Å². The van der Waals surface area contributed by atoms with Gasteiger partial charge in [0, 0.05) is 6.42 Å². The molecule has 18 heavy (non-hydrogen) atoms. The lowest BCUT2D eigenvalue weighted by Crippen LogP contribution is -2.45. The van der Waals surface area contributed by atoms with Crippen molar-refractivity contribution in [2.24, 2.45) is 5.73 Å². The molecule has 1 aliphatic heterocycles. The van der Waals surface area contributed by atoms with Crippen molar-refractivity contribution >= 4 is 11.8 Å². The Bertz CT molecular complexity index is 523. The van der Waals surface area contributed by atoms with E-state index < -0.39 is 11.9 Å². The topological polar surface area (TPSA) is 72.2 Å². The fourth-order valence-electron chi connectivity index (χ4n) is 2.24. The van der Waals surface area contributed by atoms with Crippen molar-refractivity contribution in [1.82, 2.24) is 5.32 Å². The zero-order valence-electron chi connectivity index (χ0n) is 9.65. The fraction of sp³-hybridized carbons (Fsp3) is 0.308. The van der Waals surface area contributed by atoms with Crippen LogP contribution in [0.25, 0.3) is 0 Å². The van der Waals surface area contributed by atoms with Gasteiger partial charge in [0.05, 0.1) is 5.70 Å². The first-order valence-corrected chi connectivity index (χ1v) is 5.66. The maximum absolute atomic E-state index is 13.7. The lowest BCUT2D eigenvalue weighted by Gasteiger charge is -2.29. The second-order valence-corrected chi connectivity index (χ2v) is 4.34. The minimum absolute atomic E-state index is 0.235. The maximum Gasteiger partial charge on any atom is 0.239 e. The molecule has 1 heterocycles. The summed E-state index contributed by atoms with van der Waals surface area (Å²) in [6.45, 7) is 0. The predicted octanol–water partition coefficient (Wildman–Crippen LogP) is 0.862. The monoisotopic (exact) mass is 248 g/mol. The Morgan fingerprint density at radius 3 is 2.78 bits per heavy atom. The Hall–Kier alpha value is -2.13. The molecule has 0 saturated carbocycles. The highest BCUT2D eigenvalue weighted by molar-refractivity contribution is 5.81. The van der Waals surface area contributed by atoms with E-state index in [2.05, 4.69) is 5.32 Å². The third-order valence-corrected chi connectivity index (χ3v) is 3.13. The van der Waals surface area contributed by atoms with E-state index in [-0.39, 0.29) is 17.4 Å². The number of primary amides is 1. The largest absolute Gasteiger partial charge is 0.368 e. The minimum atomic E-state index is -0.653. The number of piperidine rings is 1. The average Bonchev–Trinajstić information content (AvgIpc) is 2.38. The van der Waals surface area contributed by atoms with Gasteiger partial charge < -0.3 is 11.1 Å². The number of hydrogen-bond acceptors (Lipinski definition) is 3. The second kappa shape index (κ2) is 5.02. The van der Waals surface area contributed by atoms with Gasteiger partial charge in [-0.15, -0.1) is 0 Å². The van der Waals surface area contributed by atoms with Gasteiger partial charge in [0.25, 0.3) is 0 Å². The number of nitrogens with two attached hydrogens (primary N) is 1. The molecule has 0 aromatic heterocycles. The van der Waals surface area contributed by atoms with Gasteiger partial charge in [-0.05, 0) is 24.0 Å². The number of rotatable bonds is 2. The van der Waals surface area contributed by atoms with Crippen LogP contribution in [-0.4, -0.2) is 17.9 Å². The highest BCUT2D eigenvalue weighted by atomic mass is 19.1. The van der Waals surface area contributed by atoms with Gasteiger partial charge in [-0.25, -0.2) is 9.18 Å². The molecule has 0 bridgehead atoms. The van der Waals surface area contributed by atoms with Crippen LogP contribution in [0.1, 0.15) is 24.3 Å². The Labute approximate surface area is 104 Å². The molecule has 0 aliphatic carbocycles. The number of hydrogen-bond donors (Lipinski definition) is 2. The molecule has 94 valence electrons. The van der Waals surface area contributed by atoms with Crippen LogP contribution in [0.3, 0.4) is 0 Å². The predicted molar refractivity (Wildman–Crippen MR) is 63.7 cm³/mol. The number of carbonyl (C=O) groups excluding carboxylic acids is 2. The standard InChI is InChI=1S/C13H13FN2O2/c14-11-4-2-1-3-10(11)8-5-9(7-17)16-12(6-8)13(15)18/h1-4,8,12,16H,5-6H2,(H2,15,18). The van der Waals surface area contributed by atoms with Crippen LogP contribution < -0.4 is 11.1 Å². The van der Waals surface area contributed by atoms with Gasteiger partial charge in [-0.1, -0.05) is 18.2 Å². The van der Waals surface area contributed by atoms with E-state index >= 15 is 0 Å². The summed E-state index contributed by atoms with van der Waals surface area (Å²) < 4.78 is 13.7. The van der Waals surface area contributed by atoms with E-state index in [1.807, 2.05) is 0 Å². The molecule has 3 N–H and O–H groups in total. The van der Waals surface area contributed by atoms with Crippen molar-refractivity contribution in [1.29, 1.82) is 0 Å². The number of nitrogens with one attached hydrogen (secondary N) is 1. The quantitative estimate of drug-likeness (QED) is 0.762. The van der Waals surface area contributed by atoms with Gasteiger partial charge in [0.15, 0.2) is 0 Å². The Balaban J connectivity index is 2.30. The van der Waals surface area contributed by atoms with Crippen LogP contribution in [0, 0.1) is 5.82 Å². The van der Waals surface area contributed by atoms with Crippen LogP contribution in [0.5, 0.6) is 0 Å². The number of benzene rings is 1. The average molecular weight is 248 g/mol. The summed E-state index contributed by atoms with van der Waals surface area (Å²) in [5.41, 5.74) is 5.98. The van der Waals surface area contributed by atoms with E-state index in [0.29, 0.717) is 18.4 Å². The molecule has 0 spiro atoms. The Morgan fingerprint density at radius 2 is 2.17 bits per heavy atom. The molecule has 1 amide bonds. The van der Waals surface area contributed by atoms with Crippen LogP contribution in [0.2, 0.25) is 0 Å². The first kappa shape index (κ1) is 12.3. The molecule has 5 heteroatoms. The summed E-state index contributed by atoms with van der Waals surface area (Å²) in [5, 5.41) is 2.72. The van der Waals surface area contributed by atoms with Crippen molar-refractivity contribution in [3.8, 4) is 0 Å². The summed E-state index contributed by atoms with van der Waals surface area (Å²) in [6.07, 6.45) is 0.718. The third-order valence-electron chi connectivity index (χ3n) is 3.13. The molecule has 1 saturated heterocycles. The van der Waals surface area contributed by atoms with Crippen LogP contribution in [0.15, 0.2) is 30.0 Å². The first-order chi connectivity index (χ1) is 8.61. The van der Waals surface area contributed by atoms with Crippen molar-refractivity contribution in [2.75, 3.05) is 0 Å². The van der Waals surface area contributed by atoms with Crippen molar-refractivity contribution in [2.45, 2.75) is 24.8 Å². The minimum Gasteiger partial charge on any atom is -0.368 e. The number of amides is 1. The Kier molecular flexibility index (Phi) is 3.44. The van der Waals surface area contributed by atoms with Gasteiger partial charge in [0.2, 0.25) is 5.91 Å². The molecular formula is C13H13FN2O2. The molecule has 2 unspecified atom stereocenters. The van der Waals surface area contributed by atoms with Crippen molar-refractivity contribution in [3.05, 3.63) is 41.3 Å². The molecule has 0 radical (unpaired) electrons. The van der Waals surface area contributed by atoms with E-state index in [9.17, 15) is 14.0 Å². The summed E-state index contributed by atoms with van der Waals surface area (Å²) in [5.74, 6) is 0.611. The molecule has 1 aromatic carbocycles. The molecule has 4 nitrogen and oxygen atoms in total. The summed E-state index contributed by atoms with van der Waals surface area (Å²) in [7, 11) is 0. The third kappa shape index (κ3) is 2.41. The van der Waals surface area contributed by atoms with Gasteiger partial charge in [-0.3, -0.25) is 4.79 Å². The first-order valence-electron chi connectivity index (χ1n) is 5.66. The molecule has 2 rings (SSSR count). The highest BCUT2D eigenvalue weighted by Gasteiger charge is 2.30. The lowest BCUT2D eigenvalue weighted by molar-refractivity contribution is -0.120. The van der Waals surface area contributed by atoms with Crippen LogP contribution >= 0.6 is 0 Å². The molecule has 1 fully saturated rings. The summed E-state index contributed by atoms with van der Waals surface area (Å²) in [4.78, 5) is 21.9. The number of allylic oxidation sites excluding steroid dienone is 1. The summed E-state index contributed by atoms with van der Waals surface area (Å²) in [6, 6.07) is 5.69. The highest BCUT2D eigenvalue weighted by Crippen LogP contribution is 2.32. The maximum atomic E-state index is 13.7. The van der Waals surface area contributed by atoms with E-state index in [4.69, 9.17) is 5.73 Å². The molecule has 1 aromatic rings. The van der Waals surface area contributed by atoms with E-state index in [1.165, 1.54) is 6.07 Å². The zero-order valence-corrected chi connectivity index (χ0v) is 9.65. The number of halogens is 1. The van der Waals surface area contributed by atoms with Gasteiger partial charge in [-0.2, -0.15) is 0 Å². The smallest absolute Gasteiger partial charge is 0.239 e. The fourth-order valence-corrected chi connectivity index (χ4v) is 2.24. The van der Waals surface area contributed by atoms with Crippen molar-refractivity contribution < 1.29 is 14.0 Å². The second-order valence-electron chi connectivity index (χ2n) is 4.34. The van der Waals surface area contributed by atoms with Crippen LogP contribution in [0.4, 0.5) is 4.39 Å². The SMILES string of the molecule is NC(=O)C1CC(c2ccccc2F)CC(=C=O)N1. The molecular weight excluding hydrogens is 235 g/mol. The molecule has 2 atom stereocenters. The van der Waals surface area contributed by atoms with E-state index in [0.717, 1.165) is 0 Å². The Morgan fingerprint density at radius 1 is 1.44 bits per heavy atom. The summed E-state index contributed by atoms with van der Waals surface area (Å²) >= 11 is 0. The van der Waals surface area contributed by atoms with Gasteiger partial charge >= 0.3 is 0 Å². The zero-order chi connectivity index (χ0) is 13.1. The van der Waals surface area contributed by atoms with Gasteiger partial charge in [0.1, 0.15) is 17.8 Å². The van der Waals surface area contributed by atoms with Crippen molar-refractivity contribution in [3.63, 3.8) is 0 Å². The lowest BCUT2D eigenvalue weighted by atomic mass is 9.84.